The first-order valence-electron chi connectivity index (χ1n) is 10.2. The second-order valence-corrected chi connectivity index (χ2v) is 7.03. The van der Waals surface area contributed by atoms with Gasteiger partial charge in [0.1, 0.15) is 23.6 Å². The highest BCUT2D eigenvalue weighted by atomic mass is 16.5. The number of aromatic nitrogens is 2. The Morgan fingerprint density at radius 3 is 2.48 bits per heavy atom. The number of nitroso groups, excluding NO2 is 1. The average Bonchev–Trinajstić information content (AvgIpc) is 2.82. The zero-order valence-electron chi connectivity index (χ0n) is 18.2. The van der Waals surface area contributed by atoms with Crippen LogP contribution in [0.5, 0.6) is 5.75 Å². The number of esters is 1. The van der Waals surface area contributed by atoms with E-state index >= 15 is 0 Å². The first-order valence-corrected chi connectivity index (χ1v) is 10.2. The Bertz CT molecular complexity index is 1280. The highest BCUT2D eigenvalue weighted by Crippen LogP contribution is 2.22. The molecule has 0 aliphatic rings. The van der Waals surface area contributed by atoms with Gasteiger partial charge in [0.25, 0.3) is 5.56 Å². The summed E-state index contributed by atoms with van der Waals surface area (Å²) >= 11 is 0. The predicted molar refractivity (Wildman–Crippen MR) is 121 cm³/mol. The number of carbonyl (C=O) groups excluding carboxylic acids is 1. The third kappa shape index (κ3) is 5.07. The summed E-state index contributed by atoms with van der Waals surface area (Å²) in [4.78, 5) is 49.8. The van der Waals surface area contributed by atoms with Gasteiger partial charge < -0.3 is 14.6 Å². The molecule has 1 N–H and O–H groups in total. The maximum absolute atomic E-state index is 13.3. The molecule has 3 rings (SSSR count). The van der Waals surface area contributed by atoms with Crippen LogP contribution in [0.2, 0.25) is 0 Å². The fraction of sp³-hybridized carbons (Fsp3) is 0.261. The van der Waals surface area contributed by atoms with Crippen LogP contribution in [0.4, 0.5) is 5.69 Å². The maximum Gasteiger partial charge on any atom is 0.345 e. The van der Waals surface area contributed by atoms with E-state index in [1.54, 1.807) is 50.2 Å². The van der Waals surface area contributed by atoms with Crippen molar-refractivity contribution in [3.63, 3.8) is 0 Å². The SMILES string of the molecule is CCOC(=O)c1cn(-c2ccc(OCCO)cc2)c(=O)n(Cc2cccc(N=O)c2C)c1=O. The number of aliphatic hydroxyl groups excluding tert-OH is 1. The van der Waals surface area contributed by atoms with Crippen molar-refractivity contribution in [2.45, 2.75) is 20.4 Å². The zero-order valence-corrected chi connectivity index (χ0v) is 18.2. The van der Waals surface area contributed by atoms with Crippen molar-refractivity contribution < 1.29 is 19.4 Å². The topological polar surface area (TPSA) is 129 Å². The summed E-state index contributed by atoms with van der Waals surface area (Å²) in [6, 6.07) is 11.2. The minimum atomic E-state index is -0.854. The fourth-order valence-electron chi connectivity index (χ4n) is 3.25. The van der Waals surface area contributed by atoms with Gasteiger partial charge in [-0.25, -0.2) is 9.59 Å². The molecule has 0 aliphatic heterocycles. The summed E-state index contributed by atoms with van der Waals surface area (Å²) in [5.41, 5.74) is -0.151. The molecule has 0 aliphatic carbocycles. The molecule has 0 bridgehead atoms. The van der Waals surface area contributed by atoms with Crippen LogP contribution in [0.25, 0.3) is 5.69 Å². The van der Waals surface area contributed by atoms with Crippen molar-refractivity contribution in [1.29, 1.82) is 0 Å². The first-order chi connectivity index (χ1) is 15.9. The third-order valence-electron chi connectivity index (χ3n) is 4.99. The molecule has 0 saturated carbocycles. The Morgan fingerprint density at radius 2 is 1.85 bits per heavy atom. The van der Waals surface area contributed by atoms with E-state index in [9.17, 15) is 19.3 Å². The number of aliphatic hydroxyl groups is 1. The van der Waals surface area contributed by atoms with Crippen LogP contribution in [0.3, 0.4) is 0 Å². The molecule has 3 aromatic rings. The third-order valence-corrected chi connectivity index (χ3v) is 4.99. The number of rotatable bonds is 9. The Hall–Kier alpha value is -4.05. The lowest BCUT2D eigenvalue weighted by Gasteiger charge is -2.14. The van der Waals surface area contributed by atoms with Crippen LogP contribution < -0.4 is 16.0 Å². The van der Waals surface area contributed by atoms with Gasteiger partial charge in [0.15, 0.2) is 0 Å². The van der Waals surface area contributed by atoms with Gasteiger partial charge in [0.05, 0.1) is 25.4 Å². The normalized spacial score (nSPS) is 10.6. The van der Waals surface area contributed by atoms with Gasteiger partial charge in [0.2, 0.25) is 0 Å². The Kier molecular flexibility index (Phi) is 7.52. The Balaban J connectivity index is 2.16. The largest absolute Gasteiger partial charge is 0.491 e. The summed E-state index contributed by atoms with van der Waals surface area (Å²) in [5, 5.41) is 11.8. The maximum atomic E-state index is 13.3. The lowest BCUT2D eigenvalue weighted by atomic mass is 10.1. The van der Waals surface area contributed by atoms with Crippen molar-refractivity contribution in [3.05, 3.63) is 91.1 Å². The molecule has 0 spiro atoms. The Morgan fingerprint density at radius 1 is 1.12 bits per heavy atom. The van der Waals surface area contributed by atoms with Crippen molar-refractivity contribution in [3.8, 4) is 11.4 Å². The minimum absolute atomic E-state index is 0.0560. The molecule has 1 aromatic heterocycles. The molecule has 10 nitrogen and oxygen atoms in total. The van der Waals surface area contributed by atoms with E-state index in [1.165, 1.54) is 10.6 Å². The quantitative estimate of drug-likeness (QED) is 0.389. The summed E-state index contributed by atoms with van der Waals surface area (Å²) in [6.45, 7) is 3.13. The van der Waals surface area contributed by atoms with Gasteiger partial charge in [-0.15, -0.1) is 4.91 Å². The van der Waals surface area contributed by atoms with Gasteiger partial charge in [-0.1, -0.05) is 12.1 Å². The van der Waals surface area contributed by atoms with Gasteiger partial charge in [-0.2, -0.15) is 0 Å². The number of nitrogens with zero attached hydrogens (tertiary/aromatic N) is 3. The van der Waals surface area contributed by atoms with Crippen LogP contribution in [0, 0.1) is 11.8 Å². The van der Waals surface area contributed by atoms with Crippen molar-refractivity contribution in [1.82, 2.24) is 9.13 Å². The molecule has 0 fully saturated rings. The van der Waals surface area contributed by atoms with Crippen LogP contribution in [-0.4, -0.2) is 40.0 Å². The smallest absolute Gasteiger partial charge is 0.345 e. The number of hydrogen-bond acceptors (Lipinski definition) is 8. The number of benzene rings is 2. The van der Waals surface area contributed by atoms with Crippen molar-refractivity contribution in [2.75, 3.05) is 19.8 Å². The van der Waals surface area contributed by atoms with Gasteiger partial charge >= 0.3 is 11.7 Å². The van der Waals surface area contributed by atoms with E-state index in [2.05, 4.69) is 5.18 Å². The van der Waals surface area contributed by atoms with E-state index < -0.39 is 17.2 Å². The Labute approximate surface area is 188 Å². The molecule has 0 radical (unpaired) electrons. The lowest BCUT2D eigenvalue weighted by Crippen LogP contribution is -2.42. The van der Waals surface area contributed by atoms with Gasteiger partial charge in [-0.05, 0) is 60.5 Å². The lowest BCUT2D eigenvalue weighted by molar-refractivity contribution is 0.0522. The highest BCUT2D eigenvalue weighted by Gasteiger charge is 2.20. The monoisotopic (exact) mass is 453 g/mol. The molecular formula is C23H23N3O7. The fourth-order valence-corrected chi connectivity index (χ4v) is 3.25. The second-order valence-electron chi connectivity index (χ2n) is 7.03. The molecule has 0 unspecified atom stereocenters. The molecule has 0 atom stereocenters. The zero-order chi connectivity index (χ0) is 24.0. The molecule has 172 valence electrons. The van der Waals surface area contributed by atoms with E-state index in [0.29, 0.717) is 22.6 Å². The van der Waals surface area contributed by atoms with Crippen LogP contribution in [0.15, 0.2) is 63.4 Å². The van der Waals surface area contributed by atoms with E-state index in [4.69, 9.17) is 14.6 Å². The van der Waals surface area contributed by atoms with Crippen molar-refractivity contribution >= 4 is 11.7 Å². The highest BCUT2D eigenvalue weighted by molar-refractivity contribution is 5.88. The standard InChI is InChI=1S/C23H23N3O7/c1-3-32-22(29)19-14-25(17-7-9-18(10-8-17)33-12-11-27)23(30)26(21(19)28)13-16-5-4-6-20(24-31)15(16)2/h4-10,14,27H,3,11-13H2,1-2H3. The molecular weight excluding hydrogens is 430 g/mol. The predicted octanol–water partition coefficient (Wildman–Crippen LogP) is 2.30. The first kappa shape index (κ1) is 23.6. The summed E-state index contributed by atoms with van der Waals surface area (Å²) < 4.78 is 12.4. The van der Waals surface area contributed by atoms with E-state index in [1.807, 2.05) is 0 Å². The second kappa shape index (κ2) is 10.5. The van der Waals surface area contributed by atoms with E-state index in [-0.39, 0.29) is 37.6 Å². The summed E-state index contributed by atoms with van der Waals surface area (Å²) in [6.07, 6.45) is 1.15. The van der Waals surface area contributed by atoms with Gasteiger partial charge in [0, 0.05) is 6.20 Å². The summed E-state index contributed by atoms with van der Waals surface area (Å²) in [5.74, 6) is -0.374. The minimum Gasteiger partial charge on any atom is -0.491 e. The molecule has 2 aromatic carbocycles. The van der Waals surface area contributed by atoms with Crippen molar-refractivity contribution in [2.24, 2.45) is 5.18 Å². The van der Waals surface area contributed by atoms with Gasteiger partial charge in [-0.3, -0.25) is 13.9 Å². The van der Waals surface area contributed by atoms with Crippen LogP contribution in [0.1, 0.15) is 28.4 Å². The molecule has 1 heterocycles. The van der Waals surface area contributed by atoms with Crippen LogP contribution >= 0.6 is 0 Å². The molecule has 10 heteroatoms. The molecule has 0 amide bonds. The number of carbonyl (C=O) groups is 1. The number of hydrogen-bond donors (Lipinski definition) is 1. The molecule has 33 heavy (non-hydrogen) atoms. The molecule has 0 saturated heterocycles. The van der Waals surface area contributed by atoms with Crippen LogP contribution in [-0.2, 0) is 11.3 Å². The summed E-state index contributed by atoms with van der Waals surface area (Å²) in [7, 11) is 0. The van der Waals surface area contributed by atoms with E-state index in [0.717, 1.165) is 10.8 Å². The average molecular weight is 453 g/mol. The number of ether oxygens (including phenoxy) is 2.